The molecule has 1 fully saturated rings. The van der Waals surface area contributed by atoms with E-state index in [1.54, 1.807) is 6.07 Å². The number of aryl methyl sites for hydroxylation is 1. The Hall–Kier alpha value is -1.55. The van der Waals surface area contributed by atoms with Gasteiger partial charge in [-0.1, -0.05) is 6.07 Å². The van der Waals surface area contributed by atoms with Gasteiger partial charge in [-0.15, -0.1) is 0 Å². The summed E-state index contributed by atoms with van der Waals surface area (Å²) in [6, 6.07) is 5.93. The minimum absolute atomic E-state index is 0.327. The standard InChI is InChI=1S/C13H17N3O/c1-9-15-11-5-2-6-12(17)13(11)16(9)10-4-3-7-14-8-10/h2,5-6,10,14,17H,3-4,7-8H2,1H3. The van der Waals surface area contributed by atoms with E-state index in [0.717, 1.165) is 36.4 Å². The summed E-state index contributed by atoms with van der Waals surface area (Å²) in [7, 11) is 0. The number of hydrogen-bond acceptors (Lipinski definition) is 3. The van der Waals surface area contributed by atoms with Crippen molar-refractivity contribution in [2.75, 3.05) is 13.1 Å². The van der Waals surface area contributed by atoms with E-state index in [4.69, 9.17) is 0 Å². The van der Waals surface area contributed by atoms with Crippen molar-refractivity contribution in [2.45, 2.75) is 25.8 Å². The summed E-state index contributed by atoms with van der Waals surface area (Å²) in [4.78, 5) is 4.52. The van der Waals surface area contributed by atoms with E-state index in [2.05, 4.69) is 14.9 Å². The summed E-state index contributed by atoms with van der Waals surface area (Å²) < 4.78 is 2.18. The van der Waals surface area contributed by atoms with E-state index in [1.165, 1.54) is 6.42 Å². The van der Waals surface area contributed by atoms with Crippen LogP contribution in [-0.4, -0.2) is 27.7 Å². The molecule has 90 valence electrons. The molecule has 4 heteroatoms. The Bertz CT molecular complexity index is 541. The Kier molecular flexibility index (Phi) is 2.52. The second-order valence-corrected chi connectivity index (χ2v) is 4.67. The quantitative estimate of drug-likeness (QED) is 0.789. The lowest BCUT2D eigenvalue weighted by molar-refractivity contribution is 0.370. The highest BCUT2D eigenvalue weighted by Crippen LogP contribution is 2.30. The van der Waals surface area contributed by atoms with Crippen molar-refractivity contribution in [3.05, 3.63) is 24.0 Å². The summed E-state index contributed by atoms with van der Waals surface area (Å²) >= 11 is 0. The Morgan fingerprint density at radius 3 is 3.12 bits per heavy atom. The van der Waals surface area contributed by atoms with Gasteiger partial charge in [-0.05, 0) is 38.4 Å². The summed E-state index contributed by atoms with van der Waals surface area (Å²) in [5, 5.41) is 13.4. The van der Waals surface area contributed by atoms with Crippen LogP contribution in [0.1, 0.15) is 24.7 Å². The zero-order valence-corrected chi connectivity index (χ0v) is 9.98. The lowest BCUT2D eigenvalue weighted by Gasteiger charge is -2.26. The topological polar surface area (TPSA) is 50.1 Å². The van der Waals surface area contributed by atoms with E-state index in [0.29, 0.717) is 11.8 Å². The Balaban J connectivity index is 2.16. The van der Waals surface area contributed by atoms with Crippen LogP contribution in [0.4, 0.5) is 0 Å². The number of imidazole rings is 1. The Labute approximate surface area is 100 Å². The monoisotopic (exact) mass is 231 g/mol. The van der Waals surface area contributed by atoms with Gasteiger partial charge in [0, 0.05) is 12.6 Å². The molecule has 1 aromatic heterocycles. The summed E-state index contributed by atoms with van der Waals surface area (Å²) in [5.74, 6) is 1.31. The number of nitrogens with one attached hydrogen (secondary N) is 1. The molecule has 4 nitrogen and oxygen atoms in total. The number of nitrogens with zero attached hydrogens (tertiary/aromatic N) is 2. The molecule has 3 rings (SSSR count). The minimum Gasteiger partial charge on any atom is -0.506 e. The van der Waals surface area contributed by atoms with Gasteiger partial charge >= 0.3 is 0 Å². The number of aromatic hydroxyl groups is 1. The fourth-order valence-corrected chi connectivity index (χ4v) is 2.75. The molecule has 1 unspecified atom stereocenters. The van der Waals surface area contributed by atoms with E-state index >= 15 is 0 Å². The van der Waals surface area contributed by atoms with Crippen molar-refractivity contribution < 1.29 is 5.11 Å². The van der Waals surface area contributed by atoms with Gasteiger partial charge in [0.2, 0.25) is 0 Å². The first-order chi connectivity index (χ1) is 8.27. The molecule has 2 N–H and O–H groups in total. The summed E-state index contributed by atoms with van der Waals surface area (Å²) in [6.45, 7) is 4.06. The van der Waals surface area contributed by atoms with Crippen LogP contribution in [0.15, 0.2) is 18.2 Å². The van der Waals surface area contributed by atoms with Gasteiger partial charge in [-0.3, -0.25) is 0 Å². The van der Waals surface area contributed by atoms with Gasteiger partial charge in [-0.2, -0.15) is 0 Å². The maximum Gasteiger partial charge on any atom is 0.141 e. The average Bonchev–Trinajstić information content (AvgIpc) is 2.68. The largest absolute Gasteiger partial charge is 0.506 e. The van der Waals surface area contributed by atoms with Crippen molar-refractivity contribution in [3.8, 4) is 5.75 Å². The van der Waals surface area contributed by atoms with Crippen molar-refractivity contribution in [2.24, 2.45) is 0 Å². The van der Waals surface area contributed by atoms with Crippen molar-refractivity contribution in [1.82, 2.24) is 14.9 Å². The lowest BCUT2D eigenvalue weighted by atomic mass is 10.1. The van der Waals surface area contributed by atoms with Gasteiger partial charge in [0.05, 0.1) is 5.52 Å². The molecular weight excluding hydrogens is 214 g/mol. The molecule has 0 aliphatic carbocycles. The molecule has 1 atom stereocenters. The van der Waals surface area contributed by atoms with E-state index in [9.17, 15) is 5.11 Å². The highest BCUT2D eigenvalue weighted by atomic mass is 16.3. The van der Waals surface area contributed by atoms with E-state index < -0.39 is 0 Å². The fourth-order valence-electron chi connectivity index (χ4n) is 2.75. The van der Waals surface area contributed by atoms with E-state index in [-0.39, 0.29) is 0 Å². The van der Waals surface area contributed by atoms with Crippen LogP contribution < -0.4 is 5.32 Å². The van der Waals surface area contributed by atoms with Gasteiger partial charge in [0.25, 0.3) is 0 Å². The Morgan fingerprint density at radius 1 is 1.47 bits per heavy atom. The Morgan fingerprint density at radius 2 is 2.35 bits per heavy atom. The van der Waals surface area contributed by atoms with Crippen LogP contribution in [0.2, 0.25) is 0 Å². The number of phenols is 1. The van der Waals surface area contributed by atoms with Gasteiger partial charge in [-0.25, -0.2) is 4.98 Å². The van der Waals surface area contributed by atoms with E-state index in [1.807, 2.05) is 19.1 Å². The molecule has 0 radical (unpaired) electrons. The van der Waals surface area contributed by atoms with Gasteiger partial charge in [0.15, 0.2) is 0 Å². The molecule has 0 spiro atoms. The zero-order valence-electron chi connectivity index (χ0n) is 9.98. The minimum atomic E-state index is 0.327. The molecular formula is C13H17N3O. The number of para-hydroxylation sites is 1. The SMILES string of the molecule is Cc1nc2cccc(O)c2n1C1CCCNC1. The third kappa shape index (κ3) is 1.69. The lowest BCUT2D eigenvalue weighted by Crippen LogP contribution is -2.32. The molecule has 1 aromatic carbocycles. The number of piperidine rings is 1. The van der Waals surface area contributed by atoms with Gasteiger partial charge < -0.3 is 15.0 Å². The first kappa shape index (κ1) is 10.6. The number of phenolic OH excluding ortho intramolecular Hbond substituents is 1. The first-order valence-electron chi connectivity index (χ1n) is 6.14. The van der Waals surface area contributed by atoms with Crippen molar-refractivity contribution in [3.63, 3.8) is 0 Å². The molecule has 0 bridgehead atoms. The number of hydrogen-bond donors (Lipinski definition) is 2. The summed E-state index contributed by atoms with van der Waals surface area (Å²) in [5.41, 5.74) is 1.76. The van der Waals surface area contributed by atoms with Crippen LogP contribution in [0.5, 0.6) is 5.75 Å². The molecule has 17 heavy (non-hydrogen) atoms. The highest BCUT2D eigenvalue weighted by molar-refractivity contribution is 5.82. The third-order valence-corrected chi connectivity index (χ3v) is 3.50. The first-order valence-corrected chi connectivity index (χ1v) is 6.14. The highest BCUT2D eigenvalue weighted by Gasteiger charge is 2.20. The van der Waals surface area contributed by atoms with Crippen LogP contribution in [0.3, 0.4) is 0 Å². The molecule has 2 aromatic rings. The van der Waals surface area contributed by atoms with Crippen molar-refractivity contribution >= 4 is 11.0 Å². The van der Waals surface area contributed by atoms with Crippen LogP contribution in [0, 0.1) is 6.92 Å². The zero-order chi connectivity index (χ0) is 11.8. The van der Waals surface area contributed by atoms with Crippen LogP contribution in [-0.2, 0) is 0 Å². The number of rotatable bonds is 1. The average molecular weight is 231 g/mol. The maximum absolute atomic E-state index is 10.0. The normalized spacial score (nSPS) is 20.9. The maximum atomic E-state index is 10.0. The number of benzene rings is 1. The molecule has 1 aliphatic heterocycles. The van der Waals surface area contributed by atoms with Crippen LogP contribution in [0.25, 0.3) is 11.0 Å². The number of aromatic nitrogens is 2. The molecule has 0 saturated carbocycles. The predicted molar refractivity (Wildman–Crippen MR) is 67.3 cm³/mol. The van der Waals surface area contributed by atoms with Gasteiger partial charge in [0.1, 0.15) is 17.1 Å². The second kappa shape index (κ2) is 4.04. The fraction of sp³-hybridized carbons (Fsp3) is 0.462. The predicted octanol–water partition coefficient (Wildman–Crippen LogP) is 1.97. The number of fused-ring (bicyclic) bond motifs is 1. The molecule has 2 heterocycles. The molecule has 1 saturated heterocycles. The summed E-state index contributed by atoms with van der Waals surface area (Å²) in [6.07, 6.45) is 2.32. The second-order valence-electron chi connectivity index (χ2n) is 4.67. The third-order valence-electron chi connectivity index (χ3n) is 3.50. The molecule has 0 amide bonds. The van der Waals surface area contributed by atoms with Crippen molar-refractivity contribution in [1.29, 1.82) is 0 Å². The molecule has 1 aliphatic rings. The van der Waals surface area contributed by atoms with Crippen LogP contribution >= 0.6 is 0 Å². The smallest absolute Gasteiger partial charge is 0.141 e.